The maximum Gasteiger partial charge on any atom is 0.150 e. The highest BCUT2D eigenvalue weighted by Crippen LogP contribution is 2.52. The fraction of sp³-hybridized carbons (Fsp3) is 0.424. The molecule has 5 rings (SSSR count). The molecule has 2 aliphatic heterocycles. The van der Waals surface area contributed by atoms with Crippen LogP contribution in [0.5, 0.6) is 17.2 Å². The zero-order valence-corrected chi connectivity index (χ0v) is 23.3. The molecule has 0 spiro atoms. The van der Waals surface area contributed by atoms with Gasteiger partial charge in [0.1, 0.15) is 42.3 Å². The summed E-state index contributed by atoms with van der Waals surface area (Å²) >= 11 is 0. The molecule has 1 unspecified atom stereocenters. The Balaban J connectivity index is 1.36. The Hall–Kier alpha value is -3.31. The molecule has 3 aromatic rings. The van der Waals surface area contributed by atoms with E-state index in [-0.39, 0.29) is 11.5 Å². The van der Waals surface area contributed by atoms with Gasteiger partial charge in [0, 0.05) is 29.6 Å². The minimum atomic E-state index is -0.318. The molecule has 0 amide bonds. The first-order valence-electron chi connectivity index (χ1n) is 13.7. The van der Waals surface area contributed by atoms with E-state index >= 15 is 0 Å². The van der Waals surface area contributed by atoms with Gasteiger partial charge in [-0.15, -0.1) is 0 Å². The minimum Gasteiger partial charge on any atom is -0.492 e. The molecule has 1 saturated heterocycles. The van der Waals surface area contributed by atoms with Crippen molar-refractivity contribution >= 4 is 6.29 Å². The number of fused-ring (bicyclic) bond motifs is 1. The molecule has 5 heteroatoms. The molecule has 200 valence electrons. The van der Waals surface area contributed by atoms with Crippen LogP contribution in [0.15, 0.2) is 54.6 Å². The van der Waals surface area contributed by atoms with Gasteiger partial charge in [0.15, 0.2) is 0 Å². The van der Waals surface area contributed by atoms with Crippen LogP contribution in [0.4, 0.5) is 0 Å². The number of rotatable bonds is 9. The molecule has 0 aliphatic carbocycles. The maximum absolute atomic E-state index is 11.0. The standard InChI is InChI=1S/C33H39NO4/c1-22-23(2)32-30(24(3)31(22)37-20-26-10-7-6-8-11-26)29(33(4,5)38-32)18-34-17-9-12-27(34)21-36-28-15-13-25(19-35)14-16-28/h6-8,10-11,13-16,19,27,29H,9,12,17-18,20-21H2,1-5H3/t27-,29?/m0/s1. The molecule has 0 saturated carbocycles. The monoisotopic (exact) mass is 513 g/mol. The second-order valence-electron chi connectivity index (χ2n) is 11.3. The van der Waals surface area contributed by atoms with Crippen LogP contribution in [0.3, 0.4) is 0 Å². The highest BCUT2D eigenvalue weighted by Gasteiger charge is 2.46. The van der Waals surface area contributed by atoms with E-state index in [0.717, 1.165) is 55.0 Å². The summed E-state index contributed by atoms with van der Waals surface area (Å²) in [6.45, 7) is 14.1. The van der Waals surface area contributed by atoms with E-state index in [1.165, 1.54) is 22.3 Å². The normalized spacial score (nSPS) is 20.1. The first-order valence-corrected chi connectivity index (χ1v) is 13.7. The summed E-state index contributed by atoms with van der Waals surface area (Å²) in [6, 6.07) is 18.0. The zero-order valence-electron chi connectivity index (χ0n) is 23.3. The number of hydrogen-bond acceptors (Lipinski definition) is 5. The molecule has 2 heterocycles. The van der Waals surface area contributed by atoms with Gasteiger partial charge in [-0.2, -0.15) is 0 Å². The number of likely N-dealkylation sites (tertiary alicyclic amines) is 1. The van der Waals surface area contributed by atoms with E-state index in [9.17, 15) is 4.79 Å². The molecule has 2 aliphatic rings. The van der Waals surface area contributed by atoms with Gasteiger partial charge in [-0.3, -0.25) is 9.69 Å². The van der Waals surface area contributed by atoms with Crippen molar-refractivity contribution in [3.63, 3.8) is 0 Å². The second-order valence-corrected chi connectivity index (χ2v) is 11.3. The van der Waals surface area contributed by atoms with Crippen LogP contribution in [-0.2, 0) is 6.61 Å². The van der Waals surface area contributed by atoms with Gasteiger partial charge in [-0.25, -0.2) is 0 Å². The molecule has 0 radical (unpaired) electrons. The van der Waals surface area contributed by atoms with E-state index in [1.54, 1.807) is 12.1 Å². The lowest BCUT2D eigenvalue weighted by Crippen LogP contribution is -2.42. The zero-order chi connectivity index (χ0) is 26.9. The van der Waals surface area contributed by atoms with E-state index in [2.05, 4.69) is 63.8 Å². The minimum absolute atomic E-state index is 0.225. The predicted molar refractivity (Wildman–Crippen MR) is 151 cm³/mol. The predicted octanol–water partition coefficient (Wildman–Crippen LogP) is 6.80. The summed E-state index contributed by atoms with van der Waals surface area (Å²) < 4.78 is 19.3. The van der Waals surface area contributed by atoms with Crippen molar-refractivity contribution in [3.05, 3.63) is 88.0 Å². The fourth-order valence-corrected chi connectivity index (χ4v) is 6.00. The van der Waals surface area contributed by atoms with Gasteiger partial charge < -0.3 is 14.2 Å². The van der Waals surface area contributed by atoms with Crippen molar-refractivity contribution < 1.29 is 19.0 Å². The Kier molecular flexibility index (Phi) is 7.49. The molecule has 0 aromatic heterocycles. The lowest BCUT2D eigenvalue weighted by molar-refractivity contribution is 0.0791. The molecule has 2 atom stereocenters. The average Bonchev–Trinajstić information content (AvgIpc) is 3.48. The first-order chi connectivity index (χ1) is 18.3. The van der Waals surface area contributed by atoms with Gasteiger partial charge in [0.05, 0.1) is 0 Å². The van der Waals surface area contributed by atoms with Crippen molar-refractivity contribution in [2.24, 2.45) is 0 Å². The molecular formula is C33H39NO4. The van der Waals surface area contributed by atoms with Crippen LogP contribution >= 0.6 is 0 Å². The van der Waals surface area contributed by atoms with E-state index in [1.807, 2.05) is 18.2 Å². The van der Waals surface area contributed by atoms with Gasteiger partial charge in [0.25, 0.3) is 0 Å². The topological polar surface area (TPSA) is 48.0 Å². The third-order valence-corrected chi connectivity index (χ3v) is 8.39. The molecule has 38 heavy (non-hydrogen) atoms. The van der Waals surface area contributed by atoms with E-state index in [4.69, 9.17) is 14.2 Å². The summed E-state index contributed by atoms with van der Waals surface area (Å²) in [7, 11) is 0. The molecule has 3 aromatic carbocycles. The third kappa shape index (κ3) is 5.17. The Morgan fingerprint density at radius 3 is 2.42 bits per heavy atom. The van der Waals surface area contributed by atoms with Crippen molar-refractivity contribution in [1.82, 2.24) is 4.90 Å². The van der Waals surface area contributed by atoms with Crippen LogP contribution in [0.25, 0.3) is 0 Å². The van der Waals surface area contributed by atoms with Gasteiger partial charge in [-0.1, -0.05) is 30.3 Å². The van der Waals surface area contributed by atoms with Crippen molar-refractivity contribution in [3.8, 4) is 17.2 Å². The Morgan fingerprint density at radius 1 is 0.974 bits per heavy atom. The Bertz CT molecular complexity index is 1280. The highest BCUT2D eigenvalue weighted by atomic mass is 16.5. The van der Waals surface area contributed by atoms with Crippen LogP contribution in [-0.4, -0.2) is 42.5 Å². The van der Waals surface area contributed by atoms with Crippen LogP contribution in [0.1, 0.15) is 70.8 Å². The quantitative estimate of drug-likeness (QED) is 0.295. The summed E-state index contributed by atoms with van der Waals surface area (Å²) in [4.78, 5) is 13.5. The number of aldehydes is 1. The lowest BCUT2D eigenvalue weighted by Gasteiger charge is -2.33. The van der Waals surface area contributed by atoms with Crippen LogP contribution in [0, 0.1) is 20.8 Å². The van der Waals surface area contributed by atoms with Crippen molar-refractivity contribution in [2.75, 3.05) is 19.7 Å². The largest absolute Gasteiger partial charge is 0.492 e. The molecular weight excluding hydrogens is 474 g/mol. The van der Waals surface area contributed by atoms with Crippen molar-refractivity contribution in [2.45, 2.75) is 71.6 Å². The van der Waals surface area contributed by atoms with Gasteiger partial charge >= 0.3 is 0 Å². The number of hydrogen-bond donors (Lipinski definition) is 0. The molecule has 0 N–H and O–H groups in total. The number of carbonyl (C=O) groups is 1. The number of ether oxygens (including phenoxy) is 3. The van der Waals surface area contributed by atoms with E-state index < -0.39 is 0 Å². The van der Waals surface area contributed by atoms with E-state index in [0.29, 0.717) is 24.8 Å². The molecule has 1 fully saturated rings. The first kappa shape index (κ1) is 26.3. The second kappa shape index (κ2) is 10.8. The third-order valence-electron chi connectivity index (χ3n) is 8.39. The smallest absolute Gasteiger partial charge is 0.150 e. The summed E-state index contributed by atoms with van der Waals surface area (Å²) in [5, 5.41) is 0. The van der Waals surface area contributed by atoms with Gasteiger partial charge in [-0.05, 0) is 101 Å². The molecule has 5 nitrogen and oxygen atoms in total. The van der Waals surface area contributed by atoms with Crippen LogP contribution in [0.2, 0.25) is 0 Å². The SMILES string of the molecule is Cc1c(C)c2c(c(C)c1OCc1ccccc1)C(CN1CCC[C@H]1COc1ccc(C=O)cc1)C(C)(C)O2. The number of benzene rings is 3. The number of carbonyl (C=O) groups excluding carboxylic acids is 1. The fourth-order valence-electron chi connectivity index (χ4n) is 6.00. The van der Waals surface area contributed by atoms with Gasteiger partial charge in [0.2, 0.25) is 0 Å². The Morgan fingerprint density at radius 2 is 1.71 bits per heavy atom. The lowest BCUT2D eigenvalue weighted by atomic mass is 9.82. The Labute approximate surface area is 226 Å². The molecule has 0 bridgehead atoms. The summed E-state index contributed by atoms with van der Waals surface area (Å²) in [6.07, 6.45) is 3.13. The van der Waals surface area contributed by atoms with Crippen molar-refractivity contribution in [1.29, 1.82) is 0 Å². The summed E-state index contributed by atoms with van der Waals surface area (Å²) in [5.41, 5.74) is 6.31. The van der Waals surface area contributed by atoms with Crippen LogP contribution < -0.4 is 14.2 Å². The average molecular weight is 514 g/mol. The number of nitrogens with zero attached hydrogens (tertiary/aromatic N) is 1. The highest BCUT2D eigenvalue weighted by molar-refractivity contribution is 5.74. The summed E-state index contributed by atoms with van der Waals surface area (Å²) in [5.74, 6) is 3.05. The maximum atomic E-state index is 11.0.